The van der Waals surface area contributed by atoms with Gasteiger partial charge in [0.25, 0.3) is 0 Å². The maximum Gasteiger partial charge on any atom is 0.202 e. The van der Waals surface area contributed by atoms with Crippen LogP contribution in [0.4, 0.5) is 0 Å². The molecular weight excluding hydrogens is 228 g/mol. The Labute approximate surface area is 104 Å². The largest absolute Gasteiger partial charge is 0.472 e. The number of benzene rings is 1. The molecule has 0 atom stereocenters. The lowest BCUT2D eigenvalue weighted by atomic mass is 10.1. The number of fused-ring (bicyclic) bond motifs is 1. The Balaban J connectivity index is 1.92. The third-order valence-electron chi connectivity index (χ3n) is 2.89. The van der Waals surface area contributed by atoms with Crippen LogP contribution in [0.15, 0.2) is 51.7 Å². The van der Waals surface area contributed by atoms with Crippen LogP contribution in [0.5, 0.6) is 0 Å². The molecule has 3 aromatic rings. The summed E-state index contributed by atoms with van der Waals surface area (Å²) in [4.78, 5) is 12.0. The zero-order chi connectivity index (χ0) is 12.5. The first-order valence-electron chi connectivity index (χ1n) is 5.77. The van der Waals surface area contributed by atoms with Gasteiger partial charge in [-0.05, 0) is 36.8 Å². The first-order valence-corrected chi connectivity index (χ1v) is 5.77. The number of rotatable bonds is 3. The van der Waals surface area contributed by atoms with Gasteiger partial charge < -0.3 is 8.83 Å². The summed E-state index contributed by atoms with van der Waals surface area (Å²) in [5.74, 6) is 0.363. The van der Waals surface area contributed by atoms with Crippen LogP contribution in [0.25, 0.3) is 11.0 Å². The van der Waals surface area contributed by atoms with E-state index in [4.69, 9.17) is 8.83 Å². The Morgan fingerprint density at radius 3 is 2.89 bits per heavy atom. The second kappa shape index (κ2) is 4.18. The van der Waals surface area contributed by atoms with Gasteiger partial charge in [0.05, 0.1) is 12.5 Å². The molecule has 2 heterocycles. The van der Waals surface area contributed by atoms with Crippen LogP contribution in [-0.2, 0) is 6.42 Å². The molecule has 0 saturated heterocycles. The van der Waals surface area contributed by atoms with E-state index in [0.717, 1.165) is 22.1 Å². The van der Waals surface area contributed by atoms with E-state index < -0.39 is 0 Å². The highest BCUT2D eigenvalue weighted by atomic mass is 16.3. The average molecular weight is 240 g/mol. The maximum absolute atomic E-state index is 12.0. The van der Waals surface area contributed by atoms with E-state index in [1.54, 1.807) is 24.7 Å². The number of carbonyl (C=O) groups excluding carboxylic acids is 1. The van der Waals surface area contributed by atoms with Crippen molar-refractivity contribution in [2.45, 2.75) is 13.3 Å². The van der Waals surface area contributed by atoms with Gasteiger partial charge in [-0.2, -0.15) is 0 Å². The number of ketones is 1. The fraction of sp³-hybridized carbons (Fsp3) is 0.133. The van der Waals surface area contributed by atoms with Crippen molar-refractivity contribution < 1.29 is 13.6 Å². The second-order valence-corrected chi connectivity index (χ2v) is 4.38. The number of hydrogen-bond acceptors (Lipinski definition) is 3. The van der Waals surface area contributed by atoms with Crippen molar-refractivity contribution in [2.24, 2.45) is 0 Å². The molecule has 0 bridgehead atoms. The fourth-order valence-electron chi connectivity index (χ4n) is 1.97. The Hall–Kier alpha value is -2.29. The Kier molecular flexibility index (Phi) is 2.52. The summed E-state index contributed by atoms with van der Waals surface area (Å²) in [7, 11) is 0. The summed E-state index contributed by atoms with van der Waals surface area (Å²) >= 11 is 0. The topological polar surface area (TPSA) is 43.4 Å². The van der Waals surface area contributed by atoms with Crippen LogP contribution in [0.3, 0.4) is 0 Å². The van der Waals surface area contributed by atoms with E-state index in [0.29, 0.717) is 12.2 Å². The van der Waals surface area contributed by atoms with E-state index in [1.165, 1.54) is 0 Å². The molecule has 0 N–H and O–H groups in total. The molecule has 3 nitrogen and oxygen atoms in total. The van der Waals surface area contributed by atoms with Crippen LogP contribution in [0.1, 0.15) is 21.7 Å². The van der Waals surface area contributed by atoms with Crippen molar-refractivity contribution in [3.63, 3.8) is 0 Å². The highest BCUT2D eigenvalue weighted by Gasteiger charge is 2.13. The van der Waals surface area contributed by atoms with Crippen molar-refractivity contribution in [1.82, 2.24) is 0 Å². The summed E-state index contributed by atoms with van der Waals surface area (Å²) < 4.78 is 10.5. The molecule has 3 heteroatoms. The van der Waals surface area contributed by atoms with Gasteiger partial charge in [-0.1, -0.05) is 11.6 Å². The van der Waals surface area contributed by atoms with Gasteiger partial charge in [-0.15, -0.1) is 0 Å². The molecule has 0 fully saturated rings. The zero-order valence-electron chi connectivity index (χ0n) is 9.97. The van der Waals surface area contributed by atoms with E-state index in [1.807, 2.05) is 25.1 Å². The molecule has 0 aliphatic heterocycles. The summed E-state index contributed by atoms with van der Waals surface area (Å²) in [5.41, 5.74) is 2.75. The third kappa shape index (κ3) is 1.95. The van der Waals surface area contributed by atoms with E-state index in [-0.39, 0.29) is 5.78 Å². The quantitative estimate of drug-likeness (QED) is 0.654. The molecule has 90 valence electrons. The predicted octanol–water partition coefficient (Wildman–Crippen LogP) is 3.76. The average Bonchev–Trinajstić information content (AvgIpc) is 2.96. The Morgan fingerprint density at radius 1 is 1.22 bits per heavy atom. The molecule has 0 amide bonds. The minimum absolute atomic E-state index is 0.0368. The number of carbonyl (C=O) groups is 1. The minimum atomic E-state index is -0.0368. The van der Waals surface area contributed by atoms with Crippen LogP contribution < -0.4 is 0 Å². The van der Waals surface area contributed by atoms with E-state index in [9.17, 15) is 4.79 Å². The van der Waals surface area contributed by atoms with E-state index in [2.05, 4.69) is 0 Å². The molecule has 0 aliphatic rings. The normalized spacial score (nSPS) is 10.9. The Bertz CT molecular complexity index is 690. The third-order valence-corrected chi connectivity index (χ3v) is 2.89. The Morgan fingerprint density at radius 2 is 2.11 bits per heavy atom. The molecule has 0 unspecified atom stereocenters. The van der Waals surface area contributed by atoms with Gasteiger partial charge in [0.1, 0.15) is 5.58 Å². The predicted molar refractivity (Wildman–Crippen MR) is 67.7 cm³/mol. The monoisotopic (exact) mass is 240 g/mol. The molecule has 3 rings (SSSR count). The lowest BCUT2D eigenvalue weighted by molar-refractivity contribution is 0.0968. The first kappa shape index (κ1) is 10.8. The molecule has 0 aliphatic carbocycles. The van der Waals surface area contributed by atoms with Crippen molar-refractivity contribution >= 4 is 16.8 Å². The van der Waals surface area contributed by atoms with Crippen LogP contribution in [0.2, 0.25) is 0 Å². The van der Waals surface area contributed by atoms with Gasteiger partial charge >= 0.3 is 0 Å². The van der Waals surface area contributed by atoms with Gasteiger partial charge in [-0.25, -0.2) is 0 Å². The SMILES string of the molecule is Cc1ccc2oc(C(=O)Cc3ccoc3)cc2c1. The highest BCUT2D eigenvalue weighted by molar-refractivity contribution is 5.98. The fourth-order valence-corrected chi connectivity index (χ4v) is 1.97. The smallest absolute Gasteiger partial charge is 0.202 e. The lowest BCUT2D eigenvalue weighted by Crippen LogP contribution is -2.00. The number of aryl methyl sites for hydroxylation is 1. The standard InChI is InChI=1S/C15H12O3/c1-10-2-3-14-12(6-10)8-15(18-14)13(16)7-11-4-5-17-9-11/h2-6,8-9H,7H2,1H3. The lowest BCUT2D eigenvalue weighted by Gasteiger charge is -1.92. The first-order chi connectivity index (χ1) is 8.72. The van der Waals surface area contributed by atoms with Crippen molar-refractivity contribution in [3.8, 4) is 0 Å². The number of furan rings is 2. The minimum Gasteiger partial charge on any atom is -0.472 e. The van der Waals surface area contributed by atoms with E-state index >= 15 is 0 Å². The summed E-state index contributed by atoms with van der Waals surface area (Å²) in [6, 6.07) is 9.44. The van der Waals surface area contributed by atoms with Crippen molar-refractivity contribution in [1.29, 1.82) is 0 Å². The molecule has 0 radical (unpaired) electrons. The van der Waals surface area contributed by atoms with Crippen LogP contribution >= 0.6 is 0 Å². The molecule has 18 heavy (non-hydrogen) atoms. The van der Waals surface area contributed by atoms with Crippen molar-refractivity contribution in [2.75, 3.05) is 0 Å². The van der Waals surface area contributed by atoms with Crippen LogP contribution in [0, 0.1) is 6.92 Å². The summed E-state index contributed by atoms with van der Waals surface area (Å²) in [6.07, 6.45) is 3.44. The second-order valence-electron chi connectivity index (χ2n) is 4.38. The van der Waals surface area contributed by atoms with Gasteiger partial charge in [0.2, 0.25) is 5.78 Å². The van der Waals surface area contributed by atoms with Gasteiger partial charge in [0, 0.05) is 11.8 Å². The molecule has 0 saturated carbocycles. The molecule has 1 aromatic carbocycles. The molecular formula is C15H12O3. The highest BCUT2D eigenvalue weighted by Crippen LogP contribution is 2.21. The van der Waals surface area contributed by atoms with Crippen LogP contribution in [-0.4, -0.2) is 5.78 Å². The zero-order valence-corrected chi connectivity index (χ0v) is 9.97. The number of Topliss-reactive ketones (excluding diaryl/α,β-unsaturated/α-hetero) is 1. The van der Waals surface area contributed by atoms with Crippen molar-refractivity contribution in [3.05, 3.63) is 59.7 Å². The summed E-state index contributed by atoms with van der Waals surface area (Å²) in [5, 5.41) is 0.963. The van der Waals surface area contributed by atoms with Gasteiger partial charge in [0.15, 0.2) is 5.76 Å². The van der Waals surface area contributed by atoms with Gasteiger partial charge in [-0.3, -0.25) is 4.79 Å². The summed E-state index contributed by atoms with van der Waals surface area (Å²) in [6.45, 7) is 2.01. The number of hydrogen-bond donors (Lipinski definition) is 0. The molecule has 2 aromatic heterocycles. The maximum atomic E-state index is 12.0. The molecule has 0 spiro atoms.